The monoisotopic (exact) mass is 256 g/mol. The standard InChI is InChI=1S/C13H24N2O3/c1-9(12(16)17)4-3-5-10(2)15-13(18)14-8-11-6-7-11/h9-11H,3-8H2,1-2H3,(H,16,17)(H2,14,15,18). The van der Waals surface area contributed by atoms with Crippen molar-refractivity contribution in [2.75, 3.05) is 6.54 Å². The summed E-state index contributed by atoms with van der Waals surface area (Å²) in [6.45, 7) is 4.43. The van der Waals surface area contributed by atoms with Crippen LogP contribution >= 0.6 is 0 Å². The highest BCUT2D eigenvalue weighted by Crippen LogP contribution is 2.27. The van der Waals surface area contributed by atoms with Crippen LogP contribution in [0.1, 0.15) is 46.0 Å². The van der Waals surface area contributed by atoms with Crippen LogP contribution in [0.25, 0.3) is 0 Å². The van der Waals surface area contributed by atoms with Crippen LogP contribution in [0.4, 0.5) is 4.79 Å². The lowest BCUT2D eigenvalue weighted by molar-refractivity contribution is -0.141. The first-order valence-electron chi connectivity index (χ1n) is 6.76. The van der Waals surface area contributed by atoms with Gasteiger partial charge in [0.05, 0.1) is 5.92 Å². The summed E-state index contributed by atoms with van der Waals surface area (Å²) in [5.41, 5.74) is 0. The molecule has 0 saturated heterocycles. The minimum Gasteiger partial charge on any atom is -0.481 e. The minimum absolute atomic E-state index is 0.0881. The maximum Gasteiger partial charge on any atom is 0.315 e. The van der Waals surface area contributed by atoms with Gasteiger partial charge in [-0.25, -0.2) is 4.79 Å². The Morgan fingerprint density at radius 1 is 1.28 bits per heavy atom. The van der Waals surface area contributed by atoms with Crippen LogP contribution < -0.4 is 10.6 Å². The van der Waals surface area contributed by atoms with Gasteiger partial charge in [0.2, 0.25) is 0 Å². The molecule has 2 amide bonds. The third-order valence-corrected chi connectivity index (χ3v) is 3.32. The Morgan fingerprint density at radius 2 is 1.94 bits per heavy atom. The average Bonchev–Trinajstić information content (AvgIpc) is 3.09. The maximum absolute atomic E-state index is 11.5. The lowest BCUT2D eigenvalue weighted by Gasteiger charge is -2.15. The van der Waals surface area contributed by atoms with Crippen molar-refractivity contribution in [3.05, 3.63) is 0 Å². The SMILES string of the molecule is CC(CCCC(C)C(=O)O)NC(=O)NCC1CC1. The van der Waals surface area contributed by atoms with E-state index in [0.29, 0.717) is 12.3 Å². The molecule has 2 unspecified atom stereocenters. The topological polar surface area (TPSA) is 78.4 Å². The lowest BCUT2D eigenvalue weighted by Crippen LogP contribution is -2.41. The number of carboxylic acids is 1. The molecule has 5 heteroatoms. The summed E-state index contributed by atoms with van der Waals surface area (Å²) in [6, 6.07) is -0.0223. The molecule has 18 heavy (non-hydrogen) atoms. The molecule has 1 aliphatic carbocycles. The van der Waals surface area contributed by atoms with Crippen molar-refractivity contribution in [3.8, 4) is 0 Å². The largest absolute Gasteiger partial charge is 0.481 e. The number of hydrogen-bond acceptors (Lipinski definition) is 2. The van der Waals surface area contributed by atoms with E-state index in [0.717, 1.165) is 19.4 Å². The highest BCUT2D eigenvalue weighted by molar-refractivity contribution is 5.74. The molecule has 0 spiro atoms. The van der Waals surface area contributed by atoms with E-state index in [1.165, 1.54) is 12.8 Å². The van der Waals surface area contributed by atoms with E-state index in [4.69, 9.17) is 5.11 Å². The van der Waals surface area contributed by atoms with Gasteiger partial charge in [-0.15, -0.1) is 0 Å². The van der Waals surface area contributed by atoms with E-state index < -0.39 is 5.97 Å². The van der Waals surface area contributed by atoms with Gasteiger partial charge >= 0.3 is 12.0 Å². The summed E-state index contributed by atoms with van der Waals surface area (Å²) < 4.78 is 0. The van der Waals surface area contributed by atoms with Crippen molar-refractivity contribution in [1.29, 1.82) is 0 Å². The number of urea groups is 1. The Morgan fingerprint density at radius 3 is 2.50 bits per heavy atom. The van der Waals surface area contributed by atoms with Gasteiger partial charge in [-0.2, -0.15) is 0 Å². The first-order valence-corrected chi connectivity index (χ1v) is 6.76. The van der Waals surface area contributed by atoms with Gasteiger partial charge in [-0.1, -0.05) is 13.3 Å². The number of carboxylic acid groups (broad SMARTS) is 1. The molecule has 1 saturated carbocycles. The molecule has 0 aromatic heterocycles. The Bertz CT molecular complexity index is 290. The molecule has 0 heterocycles. The number of nitrogens with one attached hydrogen (secondary N) is 2. The smallest absolute Gasteiger partial charge is 0.315 e. The van der Waals surface area contributed by atoms with Gasteiger partial charge in [0.25, 0.3) is 0 Å². The van der Waals surface area contributed by atoms with Crippen molar-refractivity contribution in [1.82, 2.24) is 10.6 Å². The highest BCUT2D eigenvalue weighted by atomic mass is 16.4. The summed E-state index contributed by atoms with van der Waals surface area (Å²) in [5, 5.41) is 14.5. The van der Waals surface area contributed by atoms with Crippen LogP contribution in [-0.4, -0.2) is 29.7 Å². The molecule has 2 atom stereocenters. The second-order valence-electron chi connectivity index (χ2n) is 5.37. The fraction of sp³-hybridized carbons (Fsp3) is 0.846. The number of carbonyl (C=O) groups excluding carboxylic acids is 1. The summed E-state index contributed by atoms with van der Waals surface area (Å²) in [7, 11) is 0. The first kappa shape index (κ1) is 14.8. The van der Waals surface area contributed by atoms with Crippen molar-refractivity contribution >= 4 is 12.0 Å². The fourth-order valence-corrected chi connectivity index (χ4v) is 1.76. The van der Waals surface area contributed by atoms with Crippen LogP contribution in [-0.2, 0) is 4.79 Å². The molecule has 0 aromatic carbocycles. The Hall–Kier alpha value is -1.26. The number of carbonyl (C=O) groups is 2. The third kappa shape index (κ3) is 6.47. The summed E-state index contributed by atoms with van der Waals surface area (Å²) in [4.78, 5) is 22.1. The third-order valence-electron chi connectivity index (χ3n) is 3.32. The maximum atomic E-state index is 11.5. The van der Waals surface area contributed by atoms with Crippen molar-refractivity contribution in [2.45, 2.75) is 52.0 Å². The zero-order chi connectivity index (χ0) is 13.5. The van der Waals surface area contributed by atoms with E-state index in [-0.39, 0.29) is 18.0 Å². The zero-order valence-corrected chi connectivity index (χ0v) is 11.2. The van der Waals surface area contributed by atoms with E-state index >= 15 is 0 Å². The molecular weight excluding hydrogens is 232 g/mol. The van der Waals surface area contributed by atoms with E-state index in [2.05, 4.69) is 10.6 Å². The normalized spacial score (nSPS) is 17.9. The van der Waals surface area contributed by atoms with E-state index in [9.17, 15) is 9.59 Å². The van der Waals surface area contributed by atoms with Gasteiger partial charge in [-0.3, -0.25) is 4.79 Å². The molecule has 104 valence electrons. The summed E-state index contributed by atoms with van der Waals surface area (Å²) in [5.74, 6) is -0.374. The predicted octanol–water partition coefficient (Wildman–Crippen LogP) is 1.98. The molecule has 0 aliphatic heterocycles. The van der Waals surface area contributed by atoms with Crippen molar-refractivity contribution in [2.24, 2.45) is 11.8 Å². The molecular formula is C13H24N2O3. The summed E-state index contributed by atoms with van der Waals surface area (Å²) >= 11 is 0. The molecule has 0 bridgehead atoms. The minimum atomic E-state index is -0.752. The average molecular weight is 256 g/mol. The van der Waals surface area contributed by atoms with E-state index in [1.54, 1.807) is 6.92 Å². The second kappa shape index (κ2) is 7.24. The quantitative estimate of drug-likeness (QED) is 0.621. The molecule has 1 fully saturated rings. The molecule has 1 aliphatic rings. The molecule has 0 radical (unpaired) electrons. The summed E-state index contributed by atoms with van der Waals surface area (Å²) in [6.07, 6.45) is 4.74. The van der Waals surface area contributed by atoms with Gasteiger partial charge in [-0.05, 0) is 38.5 Å². The zero-order valence-electron chi connectivity index (χ0n) is 11.2. The number of aliphatic carboxylic acids is 1. The number of hydrogen-bond donors (Lipinski definition) is 3. The molecule has 0 aromatic rings. The van der Waals surface area contributed by atoms with Crippen LogP contribution in [0, 0.1) is 11.8 Å². The number of rotatable bonds is 8. The van der Waals surface area contributed by atoms with Gasteiger partial charge in [0.1, 0.15) is 0 Å². The molecule has 1 rings (SSSR count). The highest BCUT2D eigenvalue weighted by Gasteiger charge is 2.21. The molecule has 5 nitrogen and oxygen atoms in total. The fourth-order valence-electron chi connectivity index (χ4n) is 1.76. The van der Waals surface area contributed by atoms with Gasteiger partial charge in [0.15, 0.2) is 0 Å². The van der Waals surface area contributed by atoms with Crippen molar-refractivity contribution < 1.29 is 14.7 Å². The van der Waals surface area contributed by atoms with Gasteiger partial charge in [0, 0.05) is 12.6 Å². The Balaban J connectivity index is 2.02. The van der Waals surface area contributed by atoms with Crippen LogP contribution in [0.2, 0.25) is 0 Å². The van der Waals surface area contributed by atoms with Crippen molar-refractivity contribution in [3.63, 3.8) is 0 Å². The van der Waals surface area contributed by atoms with Gasteiger partial charge < -0.3 is 15.7 Å². The first-order chi connectivity index (χ1) is 8.49. The molecule has 3 N–H and O–H groups in total. The Labute approximate surface area is 108 Å². The Kier molecular flexibility index (Phi) is 5.95. The second-order valence-corrected chi connectivity index (χ2v) is 5.37. The van der Waals surface area contributed by atoms with Crippen LogP contribution in [0.3, 0.4) is 0 Å². The van der Waals surface area contributed by atoms with Crippen LogP contribution in [0.5, 0.6) is 0 Å². The lowest BCUT2D eigenvalue weighted by atomic mass is 10.0. The van der Waals surface area contributed by atoms with E-state index in [1.807, 2.05) is 6.92 Å². The predicted molar refractivity (Wildman–Crippen MR) is 69.4 cm³/mol. The van der Waals surface area contributed by atoms with Crippen LogP contribution in [0.15, 0.2) is 0 Å². The number of amides is 2.